The summed E-state index contributed by atoms with van der Waals surface area (Å²) in [4.78, 5) is 13.2. The van der Waals surface area contributed by atoms with Gasteiger partial charge in [0.25, 0.3) is 0 Å². The van der Waals surface area contributed by atoms with E-state index in [-0.39, 0.29) is 0 Å². The number of morpholine rings is 1. The second-order valence-electron chi connectivity index (χ2n) is 4.69. The summed E-state index contributed by atoms with van der Waals surface area (Å²) >= 11 is 0. The molecule has 2 rings (SSSR count). The summed E-state index contributed by atoms with van der Waals surface area (Å²) in [5, 5.41) is 0. The van der Waals surface area contributed by atoms with Crippen molar-refractivity contribution in [3.63, 3.8) is 0 Å². The Kier molecular flexibility index (Phi) is 3.79. The molecule has 1 aromatic carbocycles. The van der Waals surface area contributed by atoms with Crippen molar-refractivity contribution in [2.45, 2.75) is 19.8 Å². The summed E-state index contributed by atoms with van der Waals surface area (Å²) in [6, 6.07) is 5.95. The van der Waals surface area contributed by atoms with Crippen molar-refractivity contribution in [2.75, 3.05) is 31.2 Å². The predicted molar refractivity (Wildman–Crippen MR) is 69.0 cm³/mol. The van der Waals surface area contributed by atoms with Crippen molar-refractivity contribution in [3.05, 3.63) is 29.3 Å². The van der Waals surface area contributed by atoms with E-state index in [9.17, 15) is 4.79 Å². The largest absolute Gasteiger partial charge is 0.378 e. The third-order valence-electron chi connectivity index (χ3n) is 3.16. The number of nitrogens with zero attached hydrogens (tertiary/aromatic N) is 1. The number of ether oxygens (including phenoxy) is 1. The fourth-order valence-electron chi connectivity index (χ4n) is 2.20. The van der Waals surface area contributed by atoms with Crippen molar-refractivity contribution in [1.29, 1.82) is 0 Å². The SMILES string of the molecule is CC(C)c1cc(C=O)ccc1N1CCOCC1. The van der Waals surface area contributed by atoms with Gasteiger partial charge in [-0.3, -0.25) is 4.79 Å². The van der Waals surface area contributed by atoms with Crippen molar-refractivity contribution < 1.29 is 9.53 Å². The van der Waals surface area contributed by atoms with E-state index in [1.54, 1.807) is 0 Å². The Morgan fingerprint density at radius 3 is 2.59 bits per heavy atom. The minimum atomic E-state index is 0.424. The molecule has 0 atom stereocenters. The molecule has 1 heterocycles. The lowest BCUT2D eigenvalue weighted by molar-refractivity contribution is 0.112. The Balaban J connectivity index is 2.34. The molecular weight excluding hydrogens is 214 g/mol. The van der Waals surface area contributed by atoms with Crippen molar-refractivity contribution in [2.24, 2.45) is 0 Å². The molecule has 0 aliphatic carbocycles. The number of hydrogen-bond acceptors (Lipinski definition) is 3. The van der Waals surface area contributed by atoms with E-state index in [0.29, 0.717) is 5.92 Å². The summed E-state index contributed by atoms with van der Waals surface area (Å²) < 4.78 is 5.37. The summed E-state index contributed by atoms with van der Waals surface area (Å²) in [7, 11) is 0. The summed E-state index contributed by atoms with van der Waals surface area (Å²) in [5.74, 6) is 0.424. The highest BCUT2D eigenvalue weighted by molar-refractivity contribution is 5.77. The van der Waals surface area contributed by atoms with Crippen LogP contribution in [0, 0.1) is 0 Å². The second kappa shape index (κ2) is 5.32. The van der Waals surface area contributed by atoms with Crippen LogP contribution in [-0.2, 0) is 4.74 Å². The molecule has 0 radical (unpaired) electrons. The van der Waals surface area contributed by atoms with E-state index in [4.69, 9.17) is 4.74 Å². The normalized spacial score (nSPS) is 16.3. The Bertz CT molecular complexity index is 395. The highest BCUT2D eigenvalue weighted by Gasteiger charge is 2.16. The number of carbonyl (C=O) groups excluding carboxylic acids is 1. The topological polar surface area (TPSA) is 29.5 Å². The first kappa shape index (κ1) is 12.1. The number of anilines is 1. The maximum Gasteiger partial charge on any atom is 0.150 e. The van der Waals surface area contributed by atoms with Crippen LogP contribution in [0.2, 0.25) is 0 Å². The number of hydrogen-bond donors (Lipinski definition) is 0. The van der Waals surface area contributed by atoms with E-state index < -0.39 is 0 Å². The minimum absolute atomic E-state index is 0.424. The summed E-state index contributed by atoms with van der Waals surface area (Å²) in [6.07, 6.45) is 0.912. The van der Waals surface area contributed by atoms with Gasteiger partial charge in [0.2, 0.25) is 0 Å². The van der Waals surface area contributed by atoms with Gasteiger partial charge in [0.05, 0.1) is 13.2 Å². The van der Waals surface area contributed by atoms with Crippen LogP contribution in [0.25, 0.3) is 0 Å². The standard InChI is InChI=1S/C14H19NO2/c1-11(2)13-9-12(10-16)3-4-14(13)15-5-7-17-8-6-15/h3-4,9-11H,5-8H2,1-2H3. The highest BCUT2D eigenvalue weighted by atomic mass is 16.5. The molecule has 0 unspecified atom stereocenters. The monoisotopic (exact) mass is 233 g/mol. The molecule has 1 aliphatic heterocycles. The minimum Gasteiger partial charge on any atom is -0.378 e. The van der Waals surface area contributed by atoms with Gasteiger partial charge in [-0.15, -0.1) is 0 Å². The number of rotatable bonds is 3. The molecule has 1 aliphatic rings. The van der Waals surface area contributed by atoms with Gasteiger partial charge in [-0.25, -0.2) is 0 Å². The zero-order valence-corrected chi connectivity index (χ0v) is 10.5. The summed E-state index contributed by atoms with van der Waals surface area (Å²) in [5.41, 5.74) is 3.25. The molecule has 0 spiro atoms. The Morgan fingerprint density at radius 2 is 2.00 bits per heavy atom. The van der Waals surface area contributed by atoms with Crippen LogP contribution >= 0.6 is 0 Å². The molecule has 0 bridgehead atoms. The molecule has 17 heavy (non-hydrogen) atoms. The van der Waals surface area contributed by atoms with Gasteiger partial charge in [0, 0.05) is 24.3 Å². The van der Waals surface area contributed by atoms with E-state index in [0.717, 1.165) is 38.2 Å². The number of aldehydes is 1. The highest BCUT2D eigenvalue weighted by Crippen LogP contribution is 2.28. The van der Waals surface area contributed by atoms with E-state index in [1.807, 2.05) is 12.1 Å². The first-order valence-electron chi connectivity index (χ1n) is 6.14. The van der Waals surface area contributed by atoms with Crippen molar-refractivity contribution in [1.82, 2.24) is 0 Å². The van der Waals surface area contributed by atoms with E-state index in [2.05, 4.69) is 24.8 Å². The zero-order valence-electron chi connectivity index (χ0n) is 10.5. The van der Waals surface area contributed by atoms with Crippen LogP contribution < -0.4 is 4.90 Å². The molecule has 3 nitrogen and oxygen atoms in total. The van der Waals surface area contributed by atoms with Crippen LogP contribution in [0.15, 0.2) is 18.2 Å². The lowest BCUT2D eigenvalue weighted by Gasteiger charge is -2.31. The first-order chi connectivity index (χ1) is 8.22. The van der Waals surface area contributed by atoms with Crippen molar-refractivity contribution >= 4 is 12.0 Å². The molecule has 3 heteroatoms. The van der Waals surface area contributed by atoms with Gasteiger partial charge in [0.15, 0.2) is 0 Å². The zero-order chi connectivity index (χ0) is 12.3. The smallest absolute Gasteiger partial charge is 0.150 e. The lowest BCUT2D eigenvalue weighted by atomic mass is 9.98. The Labute approximate surface area is 102 Å². The maximum absolute atomic E-state index is 10.8. The van der Waals surface area contributed by atoms with Crippen LogP contribution in [0.3, 0.4) is 0 Å². The average molecular weight is 233 g/mol. The third-order valence-corrected chi connectivity index (χ3v) is 3.16. The van der Waals surface area contributed by atoms with Gasteiger partial charge in [-0.2, -0.15) is 0 Å². The molecule has 1 aromatic rings. The second-order valence-corrected chi connectivity index (χ2v) is 4.69. The van der Waals surface area contributed by atoms with Crippen LogP contribution in [0.1, 0.15) is 35.7 Å². The summed E-state index contributed by atoms with van der Waals surface area (Å²) in [6.45, 7) is 7.75. The Morgan fingerprint density at radius 1 is 1.29 bits per heavy atom. The van der Waals surface area contributed by atoms with Crippen LogP contribution in [0.5, 0.6) is 0 Å². The molecule has 92 valence electrons. The fraction of sp³-hybridized carbons (Fsp3) is 0.500. The van der Waals surface area contributed by atoms with Gasteiger partial charge in [-0.1, -0.05) is 13.8 Å². The van der Waals surface area contributed by atoms with Gasteiger partial charge in [0.1, 0.15) is 6.29 Å². The van der Waals surface area contributed by atoms with Crippen LogP contribution in [0.4, 0.5) is 5.69 Å². The van der Waals surface area contributed by atoms with Crippen LogP contribution in [-0.4, -0.2) is 32.6 Å². The third kappa shape index (κ3) is 2.67. The molecule has 1 fully saturated rings. The quantitative estimate of drug-likeness (QED) is 0.751. The Hall–Kier alpha value is -1.35. The number of benzene rings is 1. The van der Waals surface area contributed by atoms with Gasteiger partial charge >= 0.3 is 0 Å². The van der Waals surface area contributed by atoms with Crippen molar-refractivity contribution in [3.8, 4) is 0 Å². The van der Waals surface area contributed by atoms with E-state index >= 15 is 0 Å². The predicted octanol–water partition coefficient (Wildman–Crippen LogP) is 2.46. The molecular formula is C14H19NO2. The average Bonchev–Trinajstić information content (AvgIpc) is 2.39. The first-order valence-corrected chi connectivity index (χ1v) is 6.14. The molecule has 1 saturated heterocycles. The van der Waals surface area contributed by atoms with E-state index in [1.165, 1.54) is 11.3 Å². The van der Waals surface area contributed by atoms with Gasteiger partial charge < -0.3 is 9.64 Å². The molecule has 0 amide bonds. The molecule has 0 aromatic heterocycles. The molecule has 0 N–H and O–H groups in total. The van der Waals surface area contributed by atoms with Gasteiger partial charge in [-0.05, 0) is 29.7 Å². The maximum atomic E-state index is 10.8. The number of carbonyl (C=O) groups is 1. The lowest BCUT2D eigenvalue weighted by Crippen LogP contribution is -2.36. The molecule has 0 saturated carbocycles. The fourth-order valence-corrected chi connectivity index (χ4v) is 2.20.